The maximum atomic E-state index is 12.0. The highest BCUT2D eigenvalue weighted by molar-refractivity contribution is 5.81. The van der Waals surface area contributed by atoms with Crippen molar-refractivity contribution in [2.45, 2.75) is 59.3 Å². The molecule has 19 heavy (non-hydrogen) atoms. The molecule has 0 heterocycles. The van der Waals surface area contributed by atoms with E-state index in [0.717, 1.165) is 32.2 Å². The predicted molar refractivity (Wildman–Crippen MR) is 81.5 cm³/mol. The van der Waals surface area contributed by atoms with E-state index in [1.54, 1.807) is 0 Å². The Hall–Kier alpha value is -1.15. The Bertz CT molecular complexity index is 400. The van der Waals surface area contributed by atoms with Crippen molar-refractivity contribution < 1.29 is 4.79 Å². The minimum atomic E-state index is 0.364. The Labute approximate surface area is 117 Å². The summed E-state index contributed by atoms with van der Waals surface area (Å²) >= 11 is 0. The molecule has 0 spiro atoms. The summed E-state index contributed by atoms with van der Waals surface area (Å²) in [7, 11) is 0. The number of carbonyl (C=O) groups is 1. The van der Waals surface area contributed by atoms with Gasteiger partial charge in [-0.25, -0.2) is 0 Å². The summed E-state index contributed by atoms with van der Waals surface area (Å²) in [5, 5.41) is 0. The average molecular weight is 261 g/mol. The number of rotatable bonds is 8. The van der Waals surface area contributed by atoms with E-state index in [2.05, 4.69) is 32.9 Å². The van der Waals surface area contributed by atoms with E-state index in [0.29, 0.717) is 18.6 Å². The lowest BCUT2D eigenvalue weighted by molar-refractivity contribution is -0.118. The first kappa shape index (κ1) is 15.9. The highest BCUT2D eigenvalue weighted by Crippen LogP contribution is 2.18. The van der Waals surface area contributed by atoms with Gasteiger partial charge >= 0.3 is 0 Å². The molecule has 0 aliphatic carbocycles. The number of benzene rings is 1. The molecule has 0 bridgehead atoms. The zero-order valence-electron chi connectivity index (χ0n) is 12.6. The highest BCUT2D eigenvalue weighted by atomic mass is 16.1. The summed E-state index contributed by atoms with van der Waals surface area (Å²) in [5.74, 6) is 0.364. The van der Waals surface area contributed by atoms with Gasteiger partial charge in [0.2, 0.25) is 0 Å². The molecule has 0 fully saturated rings. The van der Waals surface area contributed by atoms with Crippen molar-refractivity contribution in [2.24, 2.45) is 5.73 Å². The molecule has 106 valence electrons. The molecule has 2 nitrogen and oxygen atoms in total. The number of hydrogen-bond donors (Lipinski definition) is 1. The summed E-state index contributed by atoms with van der Waals surface area (Å²) in [6.07, 6.45) is 5.64. The van der Waals surface area contributed by atoms with Crippen LogP contribution in [0.15, 0.2) is 12.1 Å². The topological polar surface area (TPSA) is 43.1 Å². The Morgan fingerprint density at radius 2 is 1.58 bits per heavy atom. The molecular weight excluding hydrogens is 234 g/mol. The van der Waals surface area contributed by atoms with Gasteiger partial charge in [-0.2, -0.15) is 0 Å². The molecule has 0 aromatic heterocycles. The molecule has 0 saturated carbocycles. The van der Waals surface area contributed by atoms with E-state index < -0.39 is 0 Å². The van der Waals surface area contributed by atoms with Crippen LogP contribution in [0.1, 0.15) is 54.4 Å². The van der Waals surface area contributed by atoms with Crippen molar-refractivity contribution in [1.29, 1.82) is 0 Å². The summed E-state index contributed by atoms with van der Waals surface area (Å²) in [4.78, 5) is 12.0. The highest BCUT2D eigenvalue weighted by Gasteiger charge is 2.09. The first-order valence-electron chi connectivity index (χ1n) is 7.33. The first-order chi connectivity index (χ1) is 9.04. The molecule has 1 aromatic rings. The molecule has 0 amide bonds. The minimum absolute atomic E-state index is 0.364. The second kappa shape index (κ2) is 8.11. The lowest BCUT2D eigenvalue weighted by atomic mass is 9.94. The molecule has 1 aromatic carbocycles. The zero-order chi connectivity index (χ0) is 14.3. The quantitative estimate of drug-likeness (QED) is 0.726. The molecule has 2 N–H and O–H groups in total. The fourth-order valence-electron chi connectivity index (χ4n) is 2.59. The molecule has 0 unspecified atom stereocenters. The van der Waals surface area contributed by atoms with Crippen LogP contribution in [0.5, 0.6) is 0 Å². The molecule has 0 radical (unpaired) electrons. The van der Waals surface area contributed by atoms with E-state index in [1.165, 1.54) is 22.3 Å². The Balaban J connectivity index is 2.44. The van der Waals surface area contributed by atoms with Crippen LogP contribution >= 0.6 is 0 Å². The van der Waals surface area contributed by atoms with Gasteiger partial charge in [-0.05, 0) is 56.8 Å². The molecule has 0 aliphatic rings. The van der Waals surface area contributed by atoms with Gasteiger partial charge in [0.1, 0.15) is 5.78 Å². The monoisotopic (exact) mass is 261 g/mol. The number of aryl methyl sites for hydroxylation is 3. The number of unbranched alkanes of at least 4 members (excludes halogenated alkanes) is 3. The van der Waals surface area contributed by atoms with Crippen LogP contribution in [0.4, 0.5) is 0 Å². The van der Waals surface area contributed by atoms with Crippen LogP contribution < -0.4 is 5.73 Å². The van der Waals surface area contributed by atoms with Crippen LogP contribution in [0.2, 0.25) is 0 Å². The molecule has 0 atom stereocenters. The maximum Gasteiger partial charge on any atom is 0.137 e. The Morgan fingerprint density at radius 1 is 1.00 bits per heavy atom. The van der Waals surface area contributed by atoms with Crippen molar-refractivity contribution in [3.05, 3.63) is 34.4 Å². The number of nitrogens with two attached hydrogens (primary N) is 1. The molecule has 0 saturated heterocycles. The predicted octanol–water partition coefficient (Wildman–Crippen LogP) is 3.63. The van der Waals surface area contributed by atoms with Gasteiger partial charge in [-0.15, -0.1) is 0 Å². The van der Waals surface area contributed by atoms with E-state index >= 15 is 0 Å². The summed E-state index contributed by atoms with van der Waals surface area (Å²) < 4.78 is 0. The number of ketones is 1. The van der Waals surface area contributed by atoms with Crippen LogP contribution in [-0.2, 0) is 11.2 Å². The standard InChI is InChI=1S/C17H27NO/c1-13-10-14(2)17(15(3)11-13)12-16(19)8-6-4-5-7-9-18/h10-11H,4-9,12,18H2,1-3H3. The van der Waals surface area contributed by atoms with Crippen molar-refractivity contribution in [3.8, 4) is 0 Å². The first-order valence-corrected chi connectivity index (χ1v) is 7.33. The lowest BCUT2D eigenvalue weighted by Gasteiger charge is -2.10. The van der Waals surface area contributed by atoms with Crippen LogP contribution in [0, 0.1) is 20.8 Å². The van der Waals surface area contributed by atoms with Gasteiger partial charge in [0, 0.05) is 12.8 Å². The van der Waals surface area contributed by atoms with E-state index in [1.807, 2.05) is 0 Å². The zero-order valence-corrected chi connectivity index (χ0v) is 12.6. The Kier molecular flexibility index (Phi) is 6.79. The summed E-state index contributed by atoms with van der Waals surface area (Å²) in [6.45, 7) is 7.06. The summed E-state index contributed by atoms with van der Waals surface area (Å²) in [6, 6.07) is 4.33. The van der Waals surface area contributed by atoms with E-state index in [4.69, 9.17) is 5.73 Å². The summed E-state index contributed by atoms with van der Waals surface area (Å²) in [5.41, 5.74) is 10.4. The second-order valence-corrected chi connectivity index (χ2v) is 5.55. The van der Waals surface area contributed by atoms with Crippen LogP contribution in [0.25, 0.3) is 0 Å². The smallest absolute Gasteiger partial charge is 0.137 e. The number of Topliss-reactive ketones (excluding diaryl/α,β-unsaturated/α-hetero) is 1. The Morgan fingerprint density at radius 3 is 2.16 bits per heavy atom. The molecule has 2 heteroatoms. The van der Waals surface area contributed by atoms with Crippen molar-refractivity contribution in [3.63, 3.8) is 0 Å². The van der Waals surface area contributed by atoms with E-state index in [-0.39, 0.29) is 0 Å². The van der Waals surface area contributed by atoms with Crippen LogP contribution in [0.3, 0.4) is 0 Å². The number of hydrogen-bond acceptors (Lipinski definition) is 2. The van der Waals surface area contributed by atoms with Crippen LogP contribution in [-0.4, -0.2) is 12.3 Å². The molecular formula is C17H27NO. The lowest BCUT2D eigenvalue weighted by Crippen LogP contribution is -2.06. The van der Waals surface area contributed by atoms with Gasteiger partial charge in [-0.3, -0.25) is 4.79 Å². The third-order valence-electron chi connectivity index (χ3n) is 3.62. The van der Waals surface area contributed by atoms with Gasteiger partial charge in [-0.1, -0.05) is 30.5 Å². The fourth-order valence-corrected chi connectivity index (χ4v) is 2.59. The normalized spacial score (nSPS) is 10.7. The maximum absolute atomic E-state index is 12.0. The third kappa shape index (κ3) is 5.56. The number of carbonyl (C=O) groups excluding carboxylic acids is 1. The SMILES string of the molecule is Cc1cc(C)c(CC(=O)CCCCCCN)c(C)c1. The van der Waals surface area contributed by atoms with Crippen molar-refractivity contribution >= 4 is 5.78 Å². The van der Waals surface area contributed by atoms with Crippen molar-refractivity contribution in [1.82, 2.24) is 0 Å². The second-order valence-electron chi connectivity index (χ2n) is 5.55. The fraction of sp³-hybridized carbons (Fsp3) is 0.588. The van der Waals surface area contributed by atoms with E-state index in [9.17, 15) is 4.79 Å². The molecule has 1 rings (SSSR count). The van der Waals surface area contributed by atoms with Gasteiger partial charge < -0.3 is 5.73 Å². The van der Waals surface area contributed by atoms with Crippen molar-refractivity contribution in [2.75, 3.05) is 6.54 Å². The third-order valence-corrected chi connectivity index (χ3v) is 3.62. The molecule has 0 aliphatic heterocycles. The van der Waals surface area contributed by atoms with Gasteiger partial charge in [0.25, 0.3) is 0 Å². The largest absolute Gasteiger partial charge is 0.330 e. The average Bonchev–Trinajstić information content (AvgIpc) is 2.33. The van der Waals surface area contributed by atoms with Gasteiger partial charge in [0.05, 0.1) is 0 Å². The van der Waals surface area contributed by atoms with Gasteiger partial charge in [0.15, 0.2) is 0 Å². The minimum Gasteiger partial charge on any atom is -0.330 e.